The number of rotatable bonds is 2. The summed E-state index contributed by atoms with van der Waals surface area (Å²) in [6.45, 7) is 16.3. The lowest BCUT2D eigenvalue weighted by atomic mass is 10.2. The Balaban J connectivity index is 0.000000741. The summed E-state index contributed by atoms with van der Waals surface area (Å²) in [7, 11) is 0. The number of hydrogen-bond donors (Lipinski definition) is 1. The number of nitrogens with one attached hydrogen (secondary N) is 1. The van der Waals surface area contributed by atoms with Crippen LogP contribution in [0.4, 0.5) is 5.69 Å². The zero-order valence-electron chi connectivity index (χ0n) is 13.6. The van der Waals surface area contributed by atoms with E-state index in [2.05, 4.69) is 48.5 Å². The molecule has 2 heterocycles. The summed E-state index contributed by atoms with van der Waals surface area (Å²) < 4.78 is 2.01. The molecule has 108 valence electrons. The van der Waals surface area contributed by atoms with Crippen LogP contribution in [0.1, 0.15) is 52.9 Å². The minimum atomic E-state index is 0.396. The standard InChI is InChI=1S/C11H16N4.2C2H6/c1-7(2)12-10-5-8(3)6-15-9(4)13-14-11(10)15;2*1-2/h5-7,12H,1-4H3;2*1-2H3. The van der Waals surface area contributed by atoms with Gasteiger partial charge in [-0.15, -0.1) is 10.2 Å². The second-order valence-electron chi connectivity index (χ2n) is 4.17. The second kappa shape index (κ2) is 8.51. The zero-order valence-corrected chi connectivity index (χ0v) is 13.6. The molecule has 4 heteroatoms. The number of fused-ring (bicyclic) bond motifs is 1. The molecule has 0 aliphatic rings. The predicted octanol–water partition coefficient (Wildman–Crippen LogP) is 4.22. The van der Waals surface area contributed by atoms with E-state index in [0.29, 0.717) is 6.04 Å². The van der Waals surface area contributed by atoms with Crippen molar-refractivity contribution in [1.29, 1.82) is 0 Å². The summed E-state index contributed by atoms with van der Waals surface area (Å²) in [6, 6.07) is 2.50. The molecule has 0 spiro atoms. The molecule has 0 unspecified atom stereocenters. The van der Waals surface area contributed by atoms with E-state index >= 15 is 0 Å². The predicted molar refractivity (Wildman–Crippen MR) is 83.9 cm³/mol. The molecule has 4 nitrogen and oxygen atoms in total. The van der Waals surface area contributed by atoms with Crippen molar-refractivity contribution >= 4 is 11.3 Å². The number of aryl methyl sites for hydroxylation is 2. The first-order valence-electron chi connectivity index (χ1n) is 7.16. The molecule has 0 aliphatic carbocycles. The van der Waals surface area contributed by atoms with Crippen LogP contribution < -0.4 is 5.32 Å². The molecule has 0 fully saturated rings. The highest BCUT2D eigenvalue weighted by atomic mass is 15.3. The van der Waals surface area contributed by atoms with Crippen molar-refractivity contribution < 1.29 is 0 Å². The van der Waals surface area contributed by atoms with Gasteiger partial charge in [-0.1, -0.05) is 27.7 Å². The quantitative estimate of drug-likeness (QED) is 0.883. The Morgan fingerprint density at radius 2 is 1.63 bits per heavy atom. The first-order valence-corrected chi connectivity index (χ1v) is 7.16. The van der Waals surface area contributed by atoms with Crippen molar-refractivity contribution in [3.05, 3.63) is 23.7 Å². The summed E-state index contributed by atoms with van der Waals surface area (Å²) in [5, 5.41) is 11.6. The van der Waals surface area contributed by atoms with Crippen LogP contribution in [0.2, 0.25) is 0 Å². The molecule has 0 radical (unpaired) electrons. The largest absolute Gasteiger partial charge is 0.380 e. The Bertz CT molecular complexity index is 486. The van der Waals surface area contributed by atoms with Gasteiger partial charge in [-0.25, -0.2) is 0 Å². The molecule has 2 aromatic heterocycles. The van der Waals surface area contributed by atoms with Gasteiger partial charge in [0.15, 0.2) is 5.65 Å². The van der Waals surface area contributed by atoms with E-state index in [1.54, 1.807) is 0 Å². The molecule has 0 aliphatic heterocycles. The van der Waals surface area contributed by atoms with Crippen molar-refractivity contribution in [2.24, 2.45) is 0 Å². The monoisotopic (exact) mass is 264 g/mol. The first kappa shape index (κ1) is 17.4. The van der Waals surface area contributed by atoms with Crippen LogP contribution >= 0.6 is 0 Å². The first-order chi connectivity index (χ1) is 9.08. The minimum absolute atomic E-state index is 0.396. The van der Waals surface area contributed by atoms with Crippen LogP contribution in [-0.2, 0) is 0 Å². The molecule has 0 bridgehead atoms. The topological polar surface area (TPSA) is 42.2 Å². The Labute approximate surface area is 117 Å². The van der Waals surface area contributed by atoms with Crippen LogP contribution in [0, 0.1) is 13.8 Å². The van der Waals surface area contributed by atoms with E-state index in [9.17, 15) is 0 Å². The molecule has 19 heavy (non-hydrogen) atoms. The third kappa shape index (κ3) is 4.54. The van der Waals surface area contributed by atoms with E-state index in [4.69, 9.17) is 0 Å². The third-order valence-electron chi connectivity index (χ3n) is 2.26. The molecule has 0 saturated carbocycles. The molecule has 2 aromatic rings. The van der Waals surface area contributed by atoms with Crippen molar-refractivity contribution in [3.63, 3.8) is 0 Å². The molecule has 0 amide bonds. The minimum Gasteiger partial charge on any atom is -0.380 e. The Morgan fingerprint density at radius 1 is 1.05 bits per heavy atom. The molecule has 0 aromatic carbocycles. The van der Waals surface area contributed by atoms with E-state index in [1.807, 2.05) is 39.0 Å². The van der Waals surface area contributed by atoms with Crippen LogP contribution in [0.25, 0.3) is 5.65 Å². The number of hydrogen-bond acceptors (Lipinski definition) is 3. The lowest BCUT2D eigenvalue weighted by Gasteiger charge is -2.11. The van der Waals surface area contributed by atoms with Crippen molar-refractivity contribution in [2.45, 2.75) is 61.4 Å². The van der Waals surface area contributed by atoms with Gasteiger partial charge in [0.25, 0.3) is 0 Å². The van der Waals surface area contributed by atoms with Crippen molar-refractivity contribution in [3.8, 4) is 0 Å². The van der Waals surface area contributed by atoms with Gasteiger partial charge in [-0.3, -0.25) is 4.40 Å². The Kier molecular flexibility index (Phi) is 7.80. The average molecular weight is 264 g/mol. The van der Waals surface area contributed by atoms with Crippen molar-refractivity contribution in [1.82, 2.24) is 14.6 Å². The van der Waals surface area contributed by atoms with Gasteiger partial charge in [0.2, 0.25) is 0 Å². The molecule has 1 N–H and O–H groups in total. The summed E-state index contributed by atoms with van der Waals surface area (Å²) >= 11 is 0. The van der Waals surface area contributed by atoms with Gasteiger partial charge in [0.05, 0.1) is 5.69 Å². The number of pyridine rings is 1. The van der Waals surface area contributed by atoms with Crippen LogP contribution in [0.15, 0.2) is 12.3 Å². The molecule has 2 rings (SSSR count). The van der Waals surface area contributed by atoms with E-state index < -0.39 is 0 Å². The van der Waals surface area contributed by atoms with Gasteiger partial charge in [0, 0.05) is 12.2 Å². The number of aromatic nitrogens is 3. The highest BCUT2D eigenvalue weighted by Crippen LogP contribution is 2.18. The smallest absolute Gasteiger partial charge is 0.184 e. The van der Waals surface area contributed by atoms with Gasteiger partial charge in [-0.05, 0) is 39.3 Å². The Hall–Kier alpha value is -1.58. The summed E-state index contributed by atoms with van der Waals surface area (Å²) in [5.41, 5.74) is 3.14. The van der Waals surface area contributed by atoms with Gasteiger partial charge in [-0.2, -0.15) is 0 Å². The molecule has 0 atom stereocenters. The molecule has 0 saturated heterocycles. The SMILES string of the molecule is CC.CC.Cc1cc(NC(C)C)c2nnc(C)n2c1. The van der Waals surface area contributed by atoms with E-state index in [1.165, 1.54) is 5.56 Å². The second-order valence-corrected chi connectivity index (χ2v) is 4.17. The third-order valence-corrected chi connectivity index (χ3v) is 2.26. The summed E-state index contributed by atoms with van der Waals surface area (Å²) in [4.78, 5) is 0. The normalized spacial score (nSPS) is 9.53. The maximum atomic E-state index is 4.16. The van der Waals surface area contributed by atoms with Crippen LogP contribution in [-0.4, -0.2) is 20.6 Å². The fraction of sp³-hybridized carbons (Fsp3) is 0.600. The number of nitrogens with zero attached hydrogens (tertiary/aromatic N) is 3. The van der Waals surface area contributed by atoms with Gasteiger partial charge >= 0.3 is 0 Å². The van der Waals surface area contributed by atoms with Gasteiger partial charge in [0.1, 0.15) is 5.82 Å². The molecular weight excluding hydrogens is 236 g/mol. The maximum absolute atomic E-state index is 4.16. The summed E-state index contributed by atoms with van der Waals surface area (Å²) in [6.07, 6.45) is 2.05. The maximum Gasteiger partial charge on any atom is 0.184 e. The fourth-order valence-electron chi connectivity index (χ4n) is 1.66. The van der Waals surface area contributed by atoms with Gasteiger partial charge < -0.3 is 5.32 Å². The lowest BCUT2D eigenvalue weighted by Crippen LogP contribution is -2.11. The number of anilines is 1. The average Bonchev–Trinajstić information content (AvgIpc) is 2.76. The van der Waals surface area contributed by atoms with Crippen LogP contribution in [0.5, 0.6) is 0 Å². The molecular formula is C15H28N4. The Morgan fingerprint density at radius 3 is 2.16 bits per heavy atom. The fourth-order valence-corrected chi connectivity index (χ4v) is 1.66. The van der Waals surface area contributed by atoms with Crippen molar-refractivity contribution in [2.75, 3.05) is 5.32 Å². The van der Waals surface area contributed by atoms with Crippen LogP contribution in [0.3, 0.4) is 0 Å². The summed E-state index contributed by atoms with van der Waals surface area (Å²) in [5.74, 6) is 0.917. The van der Waals surface area contributed by atoms with E-state index in [-0.39, 0.29) is 0 Å². The zero-order chi connectivity index (χ0) is 15.0. The van der Waals surface area contributed by atoms with E-state index in [0.717, 1.165) is 17.2 Å². The highest BCUT2D eigenvalue weighted by molar-refractivity contribution is 5.68. The lowest BCUT2D eigenvalue weighted by molar-refractivity contribution is 0.897. The highest BCUT2D eigenvalue weighted by Gasteiger charge is 2.08.